The second kappa shape index (κ2) is 6.88. The maximum Gasteiger partial charge on any atom is 0.317 e. The van der Waals surface area contributed by atoms with Gasteiger partial charge in [0.05, 0.1) is 6.54 Å². The standard InChI is InChI=1S/C14H19ClF2N2O/c1-14(2,10-5-4-6-11(15)7-10)9-18-13(20)19(3)8-12(16)17/h4-7,12H,8-9H2,1-3H3,(H,18,20). The average Bonchev–Trinajstić information content (AvgIpc) is 2.35. The summed E-state index contributed by atoms with van der Waals surface area (Å²) in [7, 11) is 1.34. The molecule has 20 heavy (non-hydrogen) atoms. The molecular weight excluding hydrogens is 286 g/mol. The van der Waals surface area contributed by atoms with E-state index in [1.807, 2.05) is 32.0 Å². The third-order valence-corrected chi connectivity index (χ3v) is 3.28. The molecule has 0 fully saturated rings. The molecule has 1 N–H and O–H groups in total. The first-order chi connectivity index (χ1) is 9.22. The molecule has 0 heterocycles. The normalized spacial score (nSPS) is 11.6. The molecule has 2 amide bonds. The molecule has 0 bridgehead atoms. The number of benzene rings is 1. The predicted octanol–water partition coefficient (Wildman–Crippen LogP) is 3.52. The minimum atomic E-state index is -2.54. The molecule has 0 aromatic heterocycles. The van der Waals surface area contributed by atoms with E-state index < -0.39 is 19.0 Å². The molecule has 1 aromatic carbocycles. The number of nitrogens with zero attached hydrogens (tertiary/aromatic N) is 1. The van der Waals surface area contributed by atoms with E-state index in [1.54, 1.807) is 6.07 Å². The summed E-state index contributed by atoms with van der Waals surface area (Å²) in [6.07, 6.45) is -2.54. The Morgan fingerprint density at radius 3 is 2.65 bits per heavy atom. The van der Waals surface area contributed by atoms with Gasteiger partial charge in [-0.2, -0.15) is 0 Å². The van der Waals surface area contributed by atoms with Crippen molar-refractivity contribution in [1.29, 1.82) is 0 Å². The highest BCUT2D eigenvalue weighted by atomic mass is 35.5. The van der Waals surface area contributed by atoms with E-state index in [2.05, 4.69) is 5.32 Å². The van der Waals surface area contributed by atoms with E-state index >= 15 is 0 Å². The zero-order valence-electron chi connectivity index (χ0n) is 11.8. The lowest BCUT2D eigenvalue weighted by Gasteiger charge is -2.27. The molecule has 0 atom stereocenters. The van der Waals surface area contributed by atoms with E-state index in [1.165, 1.54) is 7.05 Å². The average molecular weight is 305 g/mol. The van der Waals surface area contributed by atoms with Crippen molar-refractivity contribution in [2.75, 3.05) is 20.1 Å². The van der Waals surface area contributed by atoms with Crippen LogP contribution in [0.25, 0.3) is 0 Å². The van der Waals surface area contributed by atoms with Crippen molar-refractivity contribution in [3.63, 3.8) is 0 Å². The molecule has 1 aromatic rings. The molecule has 0 saturated heterocycles. The van der Waals surface area contributed by atoms with Gasteiger partial charge in [0.15, 0.2) is 0 Å². The van der Waals surface area contributed by atoms with E-state index in [4.69, 9.17) is 11.6 Å². The molecule has 0 unspecified atom stereocenters. The van der Waals surface area contributed by atoms with Gasteiger partial charge in [0.25, 0.3) is 6.43 Å². The van der Waals surface area contributed by atoms with Gasteiger partial charge in [-0.15, -0.1) is 0 Å². The SMILES string of the molecule is CN(CC(F)F)C(=O)NCC(C)(C)c1cccc(Cl)c1. The molecular formula is C14H19ClF2N2O. The molecule has 0 aliphatic carbocycles. The lowest BCUT2D eigenvalue weighted by Crippen LogP contribution is -2.44. The van der Waals surface area contributed by atoms with Crippen LogP contribution in [-0.4, -0.2) is 37.5 Å². The van der Waals surface area contributed by atoms with Crippen LogP contribution in [-0.2, 0) is 5.41 Å². The topological polar surface area (TPSA) is 32.3 Å². The van der Waals surface area contributed by atoms with Crippen LogP contribution in [0.4, 0.5) is 13.6 Å². The third kappa shape index (κ3) is 4.96. The summed E-state index contributed by atoms with van der Waals surface area (Å²) in [6, 6.07) is 6.85. The van der Waals surface area contributed by atoms with E-state index in [-0.39, 0.29) is 5.41 Å². The fraction of sp³-hybridized carbons (Fsp3) is 0.500. The minimum absolute atomic E-state index is 0.333. The smallest absolute Gasteiger partial charge is 0.317 e. The summed E-state index contributed by atoms with van der Waals surface area (Å²) in [6.45, 7) is 3.65. The number of hydrogen-bond donors (Lipinski definition) is 1. The van der Waals surface area contributed by atoms with Crippen LogP contribution >= 0.6 is 11.6 Å². The fourth-order valence-electron chi connectivity index (χ4n) is 1.73. The summed E-state index contributed by atoms with van der Waals surface area (Å²) in [5.41, 5.74) is 0.633. The van der Waals surface area contributed by atoms with Crippen molar-refractivity contribution < 1.29 is 13.6 Å². The van der Waals surface area contributed by atoms with E-state index in [9.17, 15) is 13.6 Å². The van der Waals surface area contributed by atoms with Gasteiger partial charge in [0, 0.05) is 24.0 Å². The first-order valence-corrected chi connectivity index (χ1v) is 6.63. The molecule has 3 nitrogen and oxygen atoms in total. The summed E-state index contributed by atoms with van der Waals surface area (Å²) in [4.78, 5) is 12.6. The number of alkyl halides is 2. The number of rotatable bonds is 5. The molecule has 1 rings (SSSR count). The van der Waals surface area contributed by atoms with Crippen LogP contribution in [0, 0.1) is 0 Å². The van der Waals surface area contributed by atoms with Crippen LogP contribution < -0.4 is 5.32 Å². The Hall–Kier alpha value is -1.36. The number of hydrogen-bond acceptors (Lipinski definition) is 1. The van der Waals surface area contributed by atoms with Gasteiger partial charge in [0.2, 0.25) is 0 Å². The lowest BCUT2D eigenvalue weighted by atomic mass is 9.84. The highest BCUT2D eigenvalue weighted by molar-refractivity contribution is 6.30. The number of amides is 2. The molecule has 0 radical (unpaired) electrons. The van der Waals surface area contributed by atoms with Crippen molar-refractivity contribution in [3.8, 4) is 0 Å². The Bertz CT molecular complexity index is 466. The summed E-state index contributed by atoms with van der Waals surface area (Å²) >= 11 is 5.94. The zero-order chi connectivity index (χ0) is 15.3. The van der Waals surface area contributed by atoms with Crippen LogP contribution in [0.2, 0.25) is 5.02 Å². The van der Waals surface area contributed by atoms with Crippen molar-refractivity contribution >= 4 is 17.6 Å². The van der Waals surface area contributed by atoms with Crippen molar-refractivity contribution in [1.82, 2.24) is 10.2 Å². The Labute approximate surface area is 122 Å². The first-order valence-electron chi connectivity index (χ1n) is 6.25. The molecule has 0 aliphatic rings. The van der Waals surface area contributed by atoms with Crippen LogP contribution in [0.3, 0.4) is 0 Å². The minimum Gasteiger partial charge on any atom is -0.337 e. The Kier molecular flexibility index (Phi) is 5.74. The highest BCUT2D eigenvalue weighted by Crippen LogP contribution is 2.24. The molecule has 0 saturated carbocycles. The predicted molar refractivity (Wildman–Crippen MR) is 76.5 cm³/mol. The Balaban J connectivity index is 2.61. The number of urea groups is 1. The quantitative estimate of drug-likeness (QED) is 0.887. The second-order valence-electron chi connectivity index (χ2n) is 5.32. The lowest BCUT2D eigenvalue weighted by molar-refractivity contribution is 0.107. The summed E-state index contributed by atoms with van der Waals surface area (Å²) < 4.78 is 24.4. The van der Waals surface area contributed by atoms with Gasteiger partial charge in [-0.1, -0.05) is 37.6 Å². The van der Waals surface area contributed by atoms with Crippen molar-refractivity contribution in [2.45, 2.75) is 25.7 Å². The largest absolute Gasteiger partial charge is 0.337 e. The van der Waals surface area contributed by atoms with E-state index in [0.717, 1.165) is 10.5 Å². The van der Waals surface area contributed by atoms with Gasteiger partial charge in [-0.3, -0.25) is 0 Å². The van der Waals surface area contributed by atoms with Crippen molar-refractivity contribution in [2.24, 2.45) is 0 Å². The van der Waals surface area contributed by atoms with Crippen LogP contribution in [0.5, 0.6) is 0 Å². The molecule has 0 aliphatic heterocycles. The number of nitrogens with one attached hydrogen (secondary N) is 1. The summed E-state index contributed by atoms with van der Waals surface area (Å²) in [5, 5.41) is 3.28. The first kappa shape index (κ1) is 16.7. The maximum atomic E-state index is 12.2. The van der Waals surface area contributed by atoms with Gasteiger partial charge < -0.3 is 10.2 Å². The number of halogens is 3. The van der Waals surface area contributed by atoms with Crippen molar-refractivity contribution in [3.05, 3.63) is 34.9 Å². The fourth-order valence-corrected chi connectivity index (χ4v) is 1.92. The zero-order valence-corrected chi connectivity index (χ0v) is 12.5. The van der Waals surface area contributed by atoms with Gasteiger partial charge in [0.1, 0.15) is 0 Å². The molecule has 0 spiro atoms. The Morgan fingerprint density at radius 1 is 1.45 bits per heavy atom. The molecule has 112 valence electrons. The van der Waals surface area contributed by atoms with Gasteiger partial charge >= 0.3 is 6.03 Å². The highest BCUT2D eigenvalue weighted by Gasteiger charge is 2.23. The maximum absolute atomic E-state index is 12.2. The number of carbonyl (C=O) groups is 1. The third-order valence-electron chi connectivity index (χ3n) is 3.05. The van der Waals surface area contributed by atoms with E-state index in [0.29, 0.717) is 11.6 Å². The van der Waals surface area contributed by atoms with Gasteiger partial charge in [-0.05, 0) is 17.7 Å². The summed E-state index contributed by atoms with van der Waals surface area (Å²) in [5.74, 6) is 0. The monoisotopic (exact) mass is 304 g/mol. The van der Waals surface area contributed by atoms with Gasteiger partial charge in [-0.25, -0.2) is 13.6 Å². The second-order valence-corrected chi connectivity index (χ2v) is 5.76. The van der Waals surface area contributed by atoms with Crippen LogP contribution in [0.1, 0.15) is 19.4 Å². The Morgan fingerprint density at radius 2 is 2.10 bits per heavy atom. The number of carbonyl (C=O) groups excluding carboxylic acids is 1. The molecule has 6 heteroatoms. The van der Waals surface area contributed by atoms with Crippen LogP contribution in [0.15, 0.2) is 24.3 Å².